The third-order valence-corrected chi connectivity index (χ3v) is 5.63. The predicted molar refractivity (Wildman–Crippen MR) is 113 cm³/mol. The second kappa shape index (κ2) is 9.03. The van der Waals surface area contributed by atoms with Gasteiger partial charge in [0.05, 0.1) is 11.3 Å². The smallest absolute Gasteiger partial charge is 0.410 e. The molecule has 0 unspecified atom stereocenters. The van der Waals surface area contributed by atoms with Gasteiger partial charge in [0.25, 0.3) is 0 Å². The molecule has 7 heteroatoms. The summed E-state index contributed by atoms with van der Waals surface area (Å²) < 4.78 is 5.46. The molecule has 2 fully saturated rings. The molecule has 0 aliphatic carbocycles. The van der Waals surface area contributed by atoms with E-state index >= 15 is 0 Å². The molecule has 2 saturated heterocycles. The number of anilines is 1. The van der Waals surface area contributed by atoms with Crippen molar-refractivity contribution in [3.05, 3.63) is 29.8 Å². The number of ether oxygens (including phenoxy) is 1. The van der Waals surface area contributed by atoms with Crippen LogP contribution in [0, 0.1) is 5.92 Å². The Kier molecular flexibility index (Phi) is 6.67. The lowest BCUT2D eigenvalue weighted by Crippen LogP contribution is -2.51. The van der Waals surface area contributed by atoms with Crippen molar-refractivity contribution in [1.29, 1.82) is 0 Å². The molecule has 1 N–H and O–H groups in total. The van der Waals surface area contributed by atoms with Crippen LogP contribution >= 0.6 is 0 Å². The van der Waals surface area contributed by atoms with Crippen molar-refractivity contribution in [3.63, 3.8) is 0 Å². The molecule has 160 valence electrons. The summed E-state index contributed by atoms with van der Waals surface area (Å²) in [6.45, 7) is 11.6. The van der Waals surface area contributed by atoms with Gasteiger partial charge in [0.1, 0.15) is 5.60 Å². The number of amides is 1. The van der Waals surface area contributed by atoms with Crippen LogP contribution in [0.4, 0.5) is 10.5 Å². The SMILES string of the molecule is CC(C)(C)OC(=O)N1CCN(CC2CCN(c3ccccc3C(=O)O)CC2)CC1. The molecule has 0 bridgehead atoms. The average Bonchev–Trinajstić information content (AvgIpc) is 2.68. The van der Waals surface area contributed by atoms with Gasteiger partial charge in [0.15, 0.2) is 0 Å². The first-order valence-corrected chi connectivity index (χ1v) is 10.5. The molecular formula is C22H33N3O4. The van der Waals surface area contributed by atoms with E-state index in [-0.39, 0.29) is 6.09 Å². The molecule has 0 aromatic heterocycles. The molecule has 7 nitrogen and oxygen atoms in total. The molecule has 1 aromatic carbocycles. The fraction of sp³-hybridized carbons (Fsp3) is 0.636. The quantitative estimate of drug-likeness (QED) is 0.833. The lowest BCUT2D eigenvalue weighted by atomic mass is 9.95. The summed E-state index contributed by atoms with van der Waals surface area (Å²) in [5, 5.41) is 9.42. The molecule has 1 aromatic rings. The van der Waals surface area contributed by atoms with Gasteiger partial charge < -0.3 is 19.6 Å². The van der Waals surface area contributed by atoms with Crippen molar-refractivity contribution >= 4 is 17.7 Å². The van der Waals surface area contributed by atoms with Gasteiger partial charge in [-0.1, -0.05) is 12.1 Å². The fourth-order valence-electron chi connectivity index (χ4n) is 4.09. The minimum atomic E-state index is -0.870. The van der Waals surface area contributed by atoms with Crippen LogP contribution in [0.2, 0.25) is 0 Å². The molecule has 0 spiro atoms. The van der Waals surface area contributed by atoms with Crippen LogP contribution in [0.3, 0.4) is 0 Å². The van der Waals surface area contributed by atoms with Gasteiger partial charge in [-0.15, -0.1) is 0 Å². The number of nitrogens with zero attached hydrogens (tertiary/aromatic N) is 3. The van der Waals surface area contributed by atoms with Gasteiger partial charge in [0, 0.05) is 45.8 Å². The van der Waals surface area contributed by atoms with Crippen molar-refractivity contribution in [2.45, 2.75) is 39.2 Å². The molecule has 0 atom stereocenters. The molecule has 2 heterocycles. The zero-order valence-electron chi connectivity index (χ0n) is 17.8. The number of carbonyl (C=O) groups excluding carboxylic acids is 1. The number of piperazine rings is 1. The fourth-order valence-corrected chi connectivity index (χ4v) is 4.09. The number of aromatic carboxylic acids is 1. The number of rotatable bonds is 4. The monoisotopic (exact) mass is 403 g/mol. The van der Waals surface area contributed by atoms with Crippen LogP contribution in [-0.2, 0) is 4.74 Å². The van der Waals surface area contributed by atoms with Crippen molar-refractivity contribution in [1.82, 2.24) is 9.80 Å². The summed E-state index contributed by atoms with van der Waals surface area (Å²) in [5.41, 5.74) is 0.746. The Morgan fingerprint density at radius 1 is 1.03 bits per heavy atom. The maximum Gasteiger partial charge on any atom is 0.410 e. The van der Waals surface area contributed by atoms with E-state index in [2.05, 4.69) is 9.80 Å². The van der Waals surface area contributed by atoms with Gasteiger partial charge in [-0.3, -0.25) is 4.90 Å². The maximum atomic E-state index is 12.2. The number of carbonyl (C=O) groups is 2. The first-order chi connectivity index (χ1) is 13.7. The van der Waals surface area contributed by atoms with Crippen LogP contribution in [0.15, 0.2) is 24.3 Å². The van der Waals surface area contributed by atoms with Gasteiger partial charge in [-0.05, 0) is 51.7 Å². The molecule has 3 rings (SSSR count). The van der Waals surface area contributed by atoms with E-state index in [1.807, 2.05) is 32.9 Å². The topological polar surface area (TPSA) is 73.3 Å². The third-order valence-electron chi connectivity index (χ3n) is 5.63. The Labute approximate surface area is 173 Å². The summed E-state index contributed by atoms with van der Waals surface area (Å²) in [5.74, 6) is -0.262. The van der Waals surface area contributed by atoms with Gasteiger partial charge in [-0.2, -0.15) is 0 Å². The Balaban J connectivity index is 1.44. The number of para-hydroxylation sites is 1. The minimum absolute atomic E-state index is 0.220. The van der Waals surface area contributed by atoms with Crippen LogP contribution in [0.5, 0.6) is 0 Å². The summed E-state index contributed by atoms with van der Waals surface area (Å²) in [6.07, 6.45) is 1.89. The molecule has 2 aliphatic rings. The van der Waals surface area contributed by atoms with E-state index in [4.69, 9.17) is 4.74 Å². The Morgan fingerprint density at radius 2 is 1.66 bits per heavy atom. The van der Waals surface area contributed by atoms with E-state index in [1.54, 1.807) is 17.0 Å². The van der Waals surface area contributed by atoms with Crippen molar-refractivity contribution in [2.75, 3.05) is 50.7 Å². The summed E-state index contributed by atoms with van der Waals surface area (Å²) in [6, 6.07) is 7.25. The van der Waals surface area contributed by atoms with Gasteiger partial charge >= 0.3 is 12.1 Å². The largest absolute Gasteiger partial charge is 0.478 e. The van der Waals surface area contributed by atoms with E-state index in [1.165, 1.54) is 0 Å². The van der Waals surface area contributed by atoms with Crippen LogP contribution in [0.1, 0.15) is 44.0 Å². The van der Waals surface area contributed by atoms with Gasteiger partial charge in [-0.25, -0.2) is 9.59 Å². The number of benzene rings is 1. The summed E-state index contributed by atoms with van der Waals surface area (Å²) in [7, 11) is 0. The zero-order valence-corrected chi connectivity index (χ0v) is 17.8. The van der Waals surface area contributed by atoms with Gasteiger partial charge in [0.2, 0.25) is 0 Å². The van der Waals surface area contributed by atoms with E-state index in [0.29, 0.717) is 24.6 Å². The van der Waals surface area contributed by atoms with E-state index < -0.39 is 11.6 Å². The standard InChI is InChI=1S/C22H33N3O4/c1-22(2,3)29-21(28)25-14-12-23(13-15-25)16-17-8-10-24(11-9-17)19-7-5-4-6-18(19)20(26)27/h4-7,17H,8-16H2,1-3H3,(H,26,27). The normalized spacial score (nSPS) is 19.3. The van der Waals surface area contributed by atoms with Crippen molar-refractivity contribution in [2.24, 2.45) is 5.92 Å². The third kappa shape index (κ3) is 5.85. The van der Waals surface area contributed by atoms with E-state index in [9.17, 15) is 14.7 Å². The summed E-state index contributed by atoms with van der Waals surface area (Å²) in [4.78, 5) is 30.1. The molecule has 0 saturated carbocycles. The number of piperidine rings is 1. The highest BCUT2D eigenvalue weighted by molar-refractivity contribution is 5.94. The molecular weight excluding hydrogens is 370 g/mol. The van der Waals surface area contributed by atoms with Crippen LogP contribution in [-0.4, -0.2) is 78.4 Å². The first kappa shape index (κ1) is 21.4. The molecule has 0 radical (unpaired) electrons. The zero-order chi connectivity index (χ0) is 21.0. The molecule has 2 aliphatic heterocycles. The van der Waals surface area contributed by atoms with Crippen LogP contribution < -0.4 is 4.90 Å². The number of carboxylic acids is 1. The Morgan fingerprint density at radius 3 is 2.24 bits per heavy atom. The lowest BCUT2D eigenvalue weighted by Gasteiger charge is -2.39. The highest BCUT2D eigenvalue weighted by Gasteiger charge is 2.28. The van der Waals surface area contributed by atoms with Crippen molar-refractivity contribution in [3.8, 4) is 0 Å². The highest BCUT2D eigenvalue weighted by Crippen LogP contribution is 2.27. The second-order valence-electron chi connectivity index (χ2n) is 9.02. The minimum Gasteiger partial charge on any atom is -0.478 e. The van der Waals surface area contributed by atoms with Crippen LogP contribution in [0.25, 0.3) is 0 Å². The highest BCUT2D eigenvalue weighted by atomic mass is 16.6. The first-order valence-electron chi connectivity index (χ1n) is 10.5. The Hall–Kier alpha value is -2.28. The number of carboxylic acid groups (broad SMARTS) is 1. The lowest BCUT2D eigenvalue weighted by molar-refractivity contribution is 0.0130. The van der Waals surface area contributed by atoms with E-state index in [0.717, 1.165) is 51.3 Å². The maximum absolute atomic E-state index is 12.2. The predicted octanol–water partition coefficient (Wildman–Crippen LogP) is 3.15. The van der Waals surface area contributed by atoms with Crippen molar-refractivity contribution < 1.29 is 19.4 Å². The average molecular weight is 404 g/mol. The molecule has 1 amide bonds. The molecule has 29 heavy (non-hydrogen) atoms. The number of hydrogen-bond donors (Lipinski definition) is 1. The Bertz CT molecular complexity index is 715. The summed E-state index contributed by atoms with van der Waals surface area (Å²) >= 11 is 0. The second-order valence-corrected chi connectivity index (χ2v) is 9.02. The number of hydrogen-bond acceptors (Lipinski definition) is 5.